The summed E-state index contributed by atoms with van der Waals surface area (Å²) in [6.45, 7) is 10.9. The molecule has 1 aromatic rings. The molecule has 0 aromatic carbocycles. The summed E-state index contributed by atoms with van der Waals surface area (Å²) in [7, 11) is 0. The van der Waals surface area contributed by atoms with Crippen LogP contribution in [0, 0.1) is 5.41 Å². The first-order valence-electron chi connectivity index (χ1n) is 6.64. The third-order valence-corrected chi connectivity index (χ3v) is 3.53. The maximum atomic E-state index is 6.16. The van der Waals surface area contributed by atoms with E-state index in [1.807, 2.05) is 0 Å². The Hall–Kier alpha value is -0.830. The van der Waals surface area contributed by atoms with Gasteiger partial charge in [-0.25, -0.2) is 0 Å². The maximum Gasteiger partial charge on any atom is 0.0625 e. The average molecular weight is 237 g/mol. The van der Waals surface area contributed by atoms with E-state index < -0.39 is 0 Å². The van der Waals surface area contributed by atoms with Crippen molar-refractivity contribution in [3.63, 3.8) is 0 Å². The Morgan fingerprint density at radius 3 is 2.59 bits per heavy atom. The number of hydrogen-bond acceptors (Lipinski definition) is 2. The molecule has 0 amide bonds. The normalized spacial score (nSPS) is 15.9. The van der Waals surface area contributed by atoms with Gasteiger partial charge in [0.1, 0.15) is 0 Å². The van der Waals surface area contributed by atoms with E-state index in [1.165, 1.54) is 0 Å². The molecular weight excluding hydrogens is 210 g/mol. The Balaban J connectivity index is 2.50. The monoisotopic (exact) mass is 237 g/mol. The van der Waals surface area contributed by atoms with E-state index in [1.54, 1.807) is 0 Å². The number of aromatic nitrogens is 2. The molecule has 0 saturated heterocycles. The molecular formula is C14H27N3. The van der Waals surface area contributed by atoms with Gasteiger partial charge in [-0.3, -0.25) is 4.68 Å². The van der Waals surface area contributed by atoms with Gasteiger partial charge >= 0.3 is 0 Å². The summed E-state index contributed by atoms with van der Waals surface area (Å²) >= 11 is 0. The van der Waals surface area contributed by atoms with Crippen molar-refractivity contribution in [3.8, 4) is 0 Å². The molecule has 17 heavy (non-hydrogen) atoms. The van der Waals surface area contributed by atoms with Crippen molar-refractivity contribution >= 4 is 0 Å². The quantitative estimate of drug-likeness (QED) is 0.855. The molecule has 0 spiro atoms. The highest BCUT2D eigenvalue weighted by atomic mass is 15.3. The Kier molecular flexibility index (Phi) is 4.75. The average Bonchev–Trinajstić information content (AvgIpc) is 2.72. The van der Waals surface area contributed by atoms with Gasteiger partial charge in [-0.15, -0.1) is 0 Å². The number of nitrogens with two attached hydrogens (primary N) is 1. The lowest BCUT2D eigenvalue weighted by molar-refractivity contribution is 0.305. The fourth-order valence-electron chi connectivity index (χ4n) is 1.68. The van der Waals surface area contributed by atoms with Crippen LogP contribution in [0.2, 0.25) is 0 Å². The van der Waals surface area contributed by atoms with Crippen LogP contribution in [0.1, 0.15) is 59.2 Å². The van der Waals surface area contributed by atoms with Crippen molar-refractivity contribution in [3.05, 3.63) is 18.0 Å². The molecule has 1 rings (SSSR count). The van der Waals surface area contributed by atoms with Gasteiger partial charge in [0.2, 0.25) is 0 Å². The van der Waals surface area contributed by atoms with Crippen LogP contribution in [0.3, 0.4) is 0 Å². The number of aryl methyl sites for hydroxylation is 1. The molecule has 0 fully saturated rings. The van der Waals surface area contributed by atoms with Gasteiger partial charge in [-0.1, -0.05) is 27.7 Å². The Bertz CT molecular complexity index is 335. The summed E-state index contributed by atoms with van der Waals surface area (Å²) in [5, 5.41) is 4.60. The molecule has 0 aliphatic heterocycles. The fourth-order valence-corrected chi connectivity index (χ4v) is 1.68. The van der Waals surface area contributed by atoms with Gasteiger partial charge in [-0.2, -0.15) is 5.10 Å². The Morgan fingerprint density at radius 1 is 1.41 bits per heavy atom. The Labute approximate surface area is 105 Å². The second-order valence-electron chi connectivity index (χ2n) is 6.06. The summed E-state index contributed by atoms with van der Waals surface area (Å²) in [6.07, 6.45) is 5.16. The summed E-state index contributed by atoms with van der Waals surface area (Å²) in [5.41, 5.74) is 7.49. The van der Waals surface area contributed by atoms with Gasteiger partial charge in [0.25, 0.3) is 0 Å². The predicted molar refractivity (Wildman–Crippen MR) is 73.0 cm³/mol. The van der Waals surface area contributed by atoms with Gasteiger partial charge < -0.3 is 5.73 Å². The minimum Gasteiger partial charge on any atom is -0.327 e. The summed E-state index contributed by atoms with van der Waals surface area (Å²) in [6, 6.07) is 2.83. The van der Waals surface area contributed by atoms with Crippen LogP contribution in [0.4, 0.5) is 0 Å². The molecule has 0 radical (unpaired) electrons. The fraction of sp³-hybridized carbons (Fsp3) is 0.786. The van der Waals surface area contributed by atoms with Crippen LogP contribution in [0.15, 0.2) is 12.3 Å². The molecule has 98 valence electrons. The van der Waals surface area contributed by atoms with Crippen LogP contribution < -0.4 is 5.73 Å². The lowest BCUT2D eigenvalue weighted by atomic mass is 9.84. The third-order valence-electron chi connectivity index (χ3n) is 3.53. The van der Waals surface area contributed by atoms with E-state index in [0.29, 0.717) is 6.04 Å². The third kappa shape index (κ3) is 4.15. The topological polar surface area (TPSA) is 43.8 Å². The van der Waals surface area contributed by atoms with E-state index in [2.05, 4.69) is 56.7 Å². The molecule has 2 N–H and O–H groups in total. The van der Waals surface area contributed by atoms with Gasteiger partial charge in [0.05, 0.1) is 5.69 Å². The second kappa shape index (κ2) is 5.67. The van der Waals surface area contributed by atoms with E-state index in [9.17, 15) is 0 Å². The summed E-state index contributed by atoms with van der Waals surface area (Å²) in [4.78, 5) is 0. The van der Waals surface area contributed by atoms with E-state index >= 15 is 0 Å². The zero-order chi connectivity index (χ0) is 13.1. The van der Waals surface area contributed by atoms with Crippen molar-refractivity contribution in [1.82, 2.24) is 9.78 Å². The molecule has 3 heteroatoms. The molecule has 3 nitrogen and oxygen atoms in total. The smallest absolute Gasteiger partial charge is 0.0625 e. The van der Waals surface area contributed by atoms with Gasteiger partial charge in [-0.05, 0) is 37.7 Å². The minimum atomic E-state index is 0.180. The zero-order valence-corrected chi connectivity index (χ0v) is 11.9. The molecule has 1 heterocycles. The molecule has 0 bridgehead atoms. The second-order valence-corrected chi connectivity index (χ2v) is 6.06. The van der Waals surface area contributed by atoms with Crippen molar-refractivity contribution in [2.75, 3.05) is 0 Å². The lowest BCUT2D eigenvalue weighted by Gasteiger charge is -2.26. The molecule has 0 aliphatic rings. The van der Waals surface area contributed by atoms with E-state index in [4.69, 9.17) is 5.73 Å². The van der Waals surface area contributed by atoms with Crippen LogP contribution >= 0.6 is 0 Å². The highest BCUT2D eigenvalue weighted by Crippen LogP contribution is 2.21. The number of rotatable bonds is 5. The van der Waals surface area contributed by atoms with E-state index in [0.717, 1.165) is 25.0 Å². The molecule has 1 aromatic heterocycles. The number of hydrogen-bond donors (Lipinski definition) is 1. The SMILES string of the molecule is CCC(C)n1ccc(CCC(N)C(C)(C)C)n1. The van der Waals surface area contributed by atoms with E-state index in [-0.39, 0.29) is 11.5 Å². The standard InChI is InChI=1S/C14H27N3/c1-6-11(2)17-10-9-12(16-17)7-8-13(15)14(3,4)5/h9-11,13H,6-8,15H2,1-5H3. The summed E-state index contributed by atoms with van der Waals surface area (Å²) < 4.78 is 2.05. The first kappa shape index (κ1) is 14.2. The first-order valence-corrected chi connectivity index (χ1v) is 6.64. The van der Waals surface area contributed by atoms with Crippen LogP contribution in [-0.2, 0) is 6.42 Å². The van der Waals surface area contributed by atoms with Gasteiger partial charge in [0, 0.05) is 18.3 Å². The predicted octanol–water partition coefficient (Wildman–Crippen LogP) is 3.16. The van der Waals surface area contributed by atoms with Crippen molar-refractivity contribution < 1.29 is 0 Å². The lowest BCUT2D eigenvalue weighted by Crippen LogP contribution is -2.35. The van der Waals surface area contributed by atoms with Crippen molar-refractivity contribution in [1.29, 1.82) is 0 Å². The van der Waals surface area contributed by atoms with Crippen molar-refractivity contribution in [2.24, 2.45) is 11.1 Å². The minimum absolute atomic E-state index is 0.180. The zero-order valence-electron chi connectivity index (χ0n) is 11.9. The molecule has 0 aliphatic carbocycles. The van der Waals surface area contributed by atoms with Crippen LogP contribution in [0.5, 0.6) is 0 Å². The highest BCUT2D eigenvalue weighted by Gasteiger charge is 2.20. The van der Waals surface area contributed by atoms with Crippen molar-refractivity contribution in [2.45, 2.75) is 66.0 Å². The Morgan fingerprint density at radius 2 is 2.06 bits per heavy atom. The summed E-state index contributed by atoms with van der Waals surface area (Å²) in [5.74, 6) is 0. The molecule has 2 atom stereocenters. The maximum absolute atomic E-state index is 6.16. The van der Waals surface area contributed by atoms with Crippen LogP contribution in [-0.4, -0.2) is 15.8 Å². The number of nitrogens with zero attached hydrogens (tertiary/aromatic N) is 2. The molecule has 0 saturated carbocycles. The molecule has 2 unspecified atom stereocenters. The first-order chi connectivity index (χ1) is 7.84. The van der Waals surface area contributed by atoms with Gasteiger partial charge in [0.15, 0.2) is 0 Å². The van der Waals surface area contributed by atoms with Crippen LogP contribution in [0.25, 0.3) is 0 Å². The largest absolute Gasteiger partial charge is 0.327 e. The highest BCUT2D eigenvalue weighted by molar-refractivity contribution is 5.00.